The molecule has 0 atom stereocenters. The summed E-state index contributed by atoms with van der Waals surface area (Å²) in [5.41, 5.74) is 1.44. The van der Waals surface area contributed by atoms with Crippen molar-refractivity contribution in [2.24, 2.45) is 0 Å². The van der Waals surface area contributed by atoms with Gasteiger partial charge in [0.05, 0.1) is 0 Å². The van der Waals surface area contributed by atoms with E-state index in [1.54, 1.807) is 11.8 Å². The number of carbonyl (C=O) groups excluding carboxylic acids is 1. The van der Waals surface area contributed by atoms with Crippen molar-refractivity contribution < 1.29 is 4.79 Å². The highest BCUT2D eigenvalue weighted by atomic mass is 16.2. The fraction of sp³-hybridized carbons (Fsp3) is 0.421. The summed E-state index contributed by atoms with van der Waals surface area (Å²) < 4.78 is 0. The summed E-state index contributed by atoms with van der Waals surface area (Å²) in [6.45, 7) is 2.26. The maximum atomic E-state index is 11.0. The Morgan fingerprint density at radius 1 is 1.05 bits per heavy atom. The van der Waals surface area contributed by atoms with Crippen molar-refractivity contribution in [3.8, 4) is 0 Å². The van der Waals surface area contributed by atoms with Crippen molar-refractivity contribution in [1.29, 1.82) is 0 Å². The molecule has 0 saturated heterocycles. The molecule has 2 heteroatoms. The van der Waals surface area contributed by atoms with Crippen molar-refractivity contribution in [2.45, 2.75) is 39.0 Å². The predicted molar refractivity (Wildman–Crippen MR) is 90.2 cm³/mol. The lowest BCUT2D eigenvalue weighted by atomic mass is 10.1. The summed E-state index contributed by atoms with van der Waals surface area (Å²) in [6, 6.07) is 10.7. The van der Waals surface area contributed by atoms with Crippen LogP contribution in [0.15, 0.2) is 54.6 Å². The number of hydrogen-bond acceptors (Lipinski definition) is 1. The minimum absolute atomic E-state index is 0.0991. The smallest absolute Gasteiger partial charge is 0.219 e. The van der Waals surface area contributed by atoms with Gasteiger partial charge in [-0.1, -0.05) is 61.1 Å². The molecule has 0 saturated carbocycles. The molecule has 0 N–H and O–H groups in total. The van der Waals surface area contributed by atoms with Crippen LogP contribution in [0.1, 0.15) is 38.2 Å². The lowest BCUT2D eigenvalue weighted by Crippen LogP contribution is -2.23. The van der Waals surface area contributed by atoms with E-state index in [9.17, 15) is 4.79 Å². The first-order valence-corrected chi connectivity index (χ1v) is 7.77. The molecule has 21 heavy (non-hydrogen) atoms. The Morgan fingerprint density at radius 3 is 2.48 bits per heavy atom. The highest BCUT2D eigenvalue weighted by Gasteiger charge is 1.96. The van der Waals surface area contributed by atoms with Gasteiger partial charge in [0.2, 0.25) is 5.91 Å². The van der Waals surface area contributed by atoms with Gasteiger partial charge in [0.25, 0.3) is 0 Å². The number of rotatable bonds is 9. The van der Waals surface area contributed by atoms with Crippen molar-refractivity contribution >= 4 is 5.91 Å². The van der Waals surface area contributed by atoms with E-state index in [2.05, 4.69) is 42.5 Å². The van der Waals surface area contributed by atoms with Crippen molar-refractivity contribution in [3.63, 3.8) is 0 Å². The maximum absolute atomic E-state index is 11.0. The molecule has 0 bridgehead atoms. The zero-order valence-corrected chi connectivity index (χ0v) is 13.3. The number of nitrogens with zero attached hydrogens (tertiary/aromatic N) is 1. The zero-order valence-electron chi connectivity index (χ0n) is 13.3. The number of hydrogen-bond donors (Lipinski definition) is 0. The zero-order chi connectivity index (χ0) is 15.3. The summed E-state index contributed by atoms with van der Waals surface area (Å²) in [6.07, 6.45) is 14.4. The number of amides is 1. The first kappa shape index (κ1) is 17.2. The lowest BCUT2D eigenvalue weighted by Gasteiger charge is -2.10. The summed E-state index contributed by atoms with van der Waals surface area (Å²) >= 11 is 0. The fourth-order valence-electron chi connectivity index (χ4n) is 2.01. The minimum Gasteiger partial charge on any atom is -0.342 e. The number of unbranched alkanes of at least 4 members (excludes halogenated alkanes) is 3. The molecule has 0 aliphatic carbocycles. The first-order valence-electron chi connectivity index (χ1n) is 7.77. The Hall–Kier alpha value is -1.83. The molecule has 0 spiro atoms. The average molecular weight is 285 g/mol. The molecular formula is C19H27NO. The van der Waals surface area contributed by atoms with E-state index in [4.69, 9.17) is 0 Å². The van der Waals surface area contributed by atoms with Gasteiger partial charge in [-0.15, -0.1) is 0 Å². The molecule has 1 aromatic rings. The average Bonchev–Trinajstić information content (AvgIpc) is 2.49. The Labute approximate surface area is 129 Å². The molecule has 0 heterocycles. The van der Waals surface area contributed by atoms with Gasteiger partial charge >= 0.3 is 0 Å². The summed E-state index contributed by atoms with van der Waals surface area (Å²) in [5.74, 6) is 0.0991. The second-order valence-electron chi connectivity index (χ2n) is 5.34. The van der Waals surface area contributed by atoms with E-state index in [1.165, 1.54) is 31.2 Å². The Balaban J connectivity index is 2.00. The highest BCUT2D eigenvalue weighted by Crippen LogP contribution is 2.07. The summed E-state index contributed by atoms with van der Waals surface area (Å²) in [5, 5.41) is 0. The van der Waals surface area contributed by atoms with Crippen LogP contribution < -0.4 is 0 Å². The van der Waals surface area contributed by atoms with Crippen LogP contribution in [-0.2, 0) is 11.2 Å². The van der Waals surface area contributed by atoms with E-state index in [0.717, 1.165) is 6.42 Å². The molecule has 1 rings (SSSR count). The number of benzene rings is 1. The second kappa shape index (κ2) is 10.9. The van der Waals surface area contributed by atoms with Gasteiger partial charge in [-0.2, -0.15) is 0 Å². The molecule has 0 aromatic heterocycles. The van der Waals surface area contributed by atoms with Gasteiger partial charge in [0.1, 0.15) is 0 Å². The van der Waals surface area contributed by atoms with Gasteiger partial charge in [-0.3, -0.25) is 4.79 Å². The number of aryl methyl sites for hydroxylation is 1. The van der Waals surface area contributed by atoms with E-state index in [0.29, 0.717) is 6.54 Å². The van der Waals surface area contributed by atoms with E-state index in [-0.39, 0.29) is 5.91 Å². The van der Waals surface area contributed by atoms with E-state index >= 15 is 0 Å². The molecule has 0 aliphatic heterocycles. The van der Waals surface area contributed by atoms with Crippen LogP contribution in [0.4, 0.5) is 0 Å². The van der Waals surface area contributed by atoms with Crippen LogP contribution >= 0.6 is 0 Å². The van der Waals surface area contributed by atoms with Crippen LogP contribution in [0.25, 0.3) is 0 Å². The third kappa shape index (κ3) is 8.85. The van der Waals surface area contributed by atoms with Gasteiger partial charge in [0, 0.05) is 20.5 Å². The van der Waals surface area contributed by atoms with Crippen LogP contribution in [0.3, 0.4) is 0 Å². The maximum Gasteiger partial charge on any atom is 0.219 e. The first-order chi connectivity index (χ1) is 10.2. The molecule has 1 amide bonds. The molecule has 114 valence electrons. The predicted octanol–water partition coefficient (Wildman–Crippen LogP) is 4.38. The summed E-state index contributed by atoms with van der Waals surface area (Å²) in [7, 11) is 1.81. The molecule has 2 nitrogen and oxygen atoms in total. The van der Waals surface area contributed by atoms with Crippen LogP contribution in [0.2, 0.25) is 0 Å². The van der Waals surface area contributed by atoms with Crippen molar-refractivity contribution in [1.82, 2.24) is 4.90 Å². The van der Waals surface area contributed by atoms with E-state index < -0.39 is 0 Å². The van der Waals surface area contributed by atoms with Crippen LogP contribution in [0, 0.1) is 0 Å². The fourth-order valence-corrected chi connectivity index (χ4v) is 2.01. The van der Waals surface area contributed by atoms with Gasteiger partial charge in [0.15, 0.2) is 0 Å². The number of allylic oxidation sites excluding steroid dienone is 3. The van der Waals surface area contributed by atoms with Crippen LogP contribution in [0.5, 0.6) is 0 Å². The van der Waals surface area contributed by atoms with Gasteiger partial charge < -0.3 is 4.90 Å². The monoisotopic (exact) mass is 285 g/mol. The number of carbonyl (C=O) groups is 1. The highest BCUT2D eigenvalue weighted by molar-refractivity contribution is 5.72. The topological polar surface area (TPSA) is 20.3 Å². The quantitative estimate of drug-likeness (QED) is 0.487. The molecular weight excluding hydrogens is 258 g/mol. The third-order valence-electron chi connectivity index (χ3n) is 3.48. The van der Waals surface area contributed by atoms with Crippen molar-refractivity contribution in [3.05, 3.63) is 60.2 Å². The molecule has 0 unspecified atom stereocenters. The minimum atomic E-state index is 0.0991. The van der Waals surface area contributed by atoms with Gasteiger partial charge in [-0.05, 0) is 31.2 Å². The standard InChI is InChI=1S/C19H27NO/c1-18(21)20(2)17-13-8-6-4-3-5-7-10-14-19-15-11-9-12-16-19/h4,6,8-9,11-13,15-16H,3,5,7,10,14,17H2,1-2H3. The van der Waals surface area contributed by atoms with E-state index in [1.807, 2.05) is 19.2 Å². The largest absolute Gasteiger partial charge is 0.342 e. The Bertz CT molecular complexity index is 448. The normalized spacial score (nSPS) is 11.3. The Morgan fingerprint density at radius 2 is 1.76 bits per heavy atom. The van der Waals surface area contributed by atoms with Crippen molar-refractivity contribution in [2.75, 3.05) is 13.6 Å². The van der Waals surface area contributed by atoms with Crippen LogP contribution in [-0.4, -0.2) is 24.4 Å². The van der Waals surface area contributed by atoms with Gasteiger partial charge in [-0.25, -0.2) is 0 Å². The second-order valence-corrected chi connectivity index (χ2v) is 5.34. The SMILES string of the molecule is CC(=O)N(C)CC=CC=CCCCCCc1ccccc1. The Kier molecular flexibility index (Phi) is 8.94. The lowest BCUT2D eigenvalue weighted by molar-refractivity contribution is -0.127. The third-order valence-corrected chi connectivity index (χ3v) is 3.48. The number of likely N-dealkylation sites (N-methyl/N-ethyl adjacent to an activating group) is 1. The molecule has 0 fully saturated rings. The molecule has 1 aromatic carbocycles. The molecule has 0 radical (unpaired) electrons. The molecule has 0 aliphatic rings. The summed E-state index contributed by atoms with van der Waals surface area (Å²) in [4.78, 5) is 12.7.